The first-order valence-electron chi connectivity index (χ1n) is 11.5. The molecule has 1 fully saturated rings. The molecule has 32 heavy (non-hydrogen) atoms. The number of carbonyl (C=O) groups excluding carboxylic acids is 1. The molecule has 0 N–H and O–H groups in total. The van der Waals surface area contributed by atoms with Gasteiger partial charge in [-0.05, 0) is 37.0 Å². The van der Waals surface area contributed by atoms with Gasteiger partial charge in [-0.2, -0.15) is 0 Å². The summed E-state index contributed by atoms with van der Waals surface area (Å²) in [6.45, 7) is 9.22. The maximum absolute atomic E-state index is 13.4. The summed E-state index contributed by atoms with van der Waals surface area (Å²) < 4.78 is 0. The Morgan fingerprint density at radius 1 is 0.906 bits per heavy atom. The molecule has 0 unspecified atom stereocenters. The number of piperazine rings is 1. The maximum Gasteiger partial charge on any atom is 0.254 e. The first-order valence-corrected chi connectivity index (χ1v) is 11.5. The molecule has 0 aliphatic carbocycles. The van der Waals surface area contributed by atoms with Gasteiger partial charge in [-0.3, -0.25) is 4.79 Å². The number of hydrogen-bond acceptors (Lipinski definition) is 4. The zero-order valence-corrected chi connectivity index (χ0v) is 19.3. The number of hydrogen-bond donors (Lipinski definition) is 0. The highest BCUT2D eigenvalue weighted by atomic mass is 16.2. The Hall–Kier alpha value is -3.21. The fraction of sp³-hybridized carbons (Fsp3) is 0.370. The van der Waals surface area contributed by atoms with Crippen LogP contribution >= 0.6 is 0 Å². The Morgan fingerprint density at radius 2 is 1.59 bits per heavy atom. The summed E-state index contributed by atoms with van der Waals surface area (Å²) in [5.74, 6) is 2.28. The highest BCUT2D eigenvalue weighted by Gasteiger charge is 2.25. The minimum Gasteiger partial charge on any atom is -0.353 e. The average Bonchev–Trinajstić information content (AvgIpc) is 2.83. The van der Waals surface area contributed by atoms with E-state index in [0.29, 0.717) is 19.0 Å². The first kappa shape index (κ1) is 22.0. The number of aryl methyl sites for hydroxylation is 3. The molecular formula is C27H32N4O. The van der Waals surface area contributed by atoms with Crippen LogP contribution < -0.4 is 4.90 Å². The van der Waals surface area contributed by atoms with Crippen molar-refractivity contribution in [3.63, 3.8) is 0 Å². The van der Waals surface area contributed by atoms with Gasteiger partial charge in [0.15, 0.2) is 0 Å². The van der Waals surface area contributed by atoms with E-state index in [1.165, 1.54) is 5.56 Å². The third-order valence-electron chi connectivity index (χ3n) is 6.04. The Kier molecular flexibility index (Phi) is 6.84. The van der Waals surface area contributed by atoms with Crippen molar-refractivity contribution in [3.05, 3.63) is 88.9 Å². The summed E-state index contributed by atoms with van der Waals surface area (Å²) in [5, 5.41) is 0. The van der Waals surface area contributed by atoms with Gasteiger partial charge >= 0.3 is 0 Å². The number of benzene rings is 2. The number of aromatic nitrogens is 2. The van der Waals surface area contributed by atoms with Crippen LogP contribution in [0.4, 0.5) is 5.82 Å². The Bertz CT molecular complexity index is 1060. The van der Waals surface area contributed by atoms with Crippen LogP contribution in [0.5, 0.6) is 0 Å². The molecule has 0 radical (unpaired) electrons. The highest BCUT2D eigenvalue weighted by Crippen LogP contribution is 2.21. The number of carbonyl (C=O) groups is 1. The van der Waals surface area contributed by atoms with Gasteiger partial charge in [-0.1, -0.05) is 62.4 Å². The first-order chi connectivity index (χ1) is 15.5. The quantitative estimate of drug-likeness (QED) is 0.573. The standard InChI is InChI=1S/C27H32N4O/c1-20(2)26-28-21(3)19-25(29-26)30-15-17-31(18-16-30)27(32)24-12-8-7-11-23(24)14-13-22-9-5-4-6-10-22/h4-12,19-20H,13-18H2,1-3H3. The van der Waals surface area contributed by atoms with Crippen LogP contribution in [-0.2, 0) is 12.8 Å². The molecule has 4 rings (SSSR count). The lowest BCUT2D eigenvalue weighted by molar-refractivity contribution is 0.0745. The summed E-state index contributed by atoms with van der Waals surface area (Å²) in [6.07, 6.45) is 1.80. The molecule has 0 atom stereocenters. The van der Waals surface area contributed by atoms with Crippen LogP contribution in [0.2, 0.25) is 0 Å². The minimum absolute atomic E-state index is 0.134. The molecule has 5 nitrogen and oxygen atoms in total. The van der Waals surface area contributed by atoms with Crippen LogP contribution in [0.25, 0.3) is 0 Å². The molecule has 0 saturated carbocycles. The van der Waals surface area contributed by atoms with E-state index in [1.54, 1.807) is 0 Å². The zero-order chi connectivity index (χ0) is 22.5. The summed E-state index contributed by atoms with van der Waals surface area (Å²) in [5.41, 5.74) is 4.24. The van der Waals surface area contributed by atoms with Crippen molar-refractivity contribution < 1.29 is 4.79 Å². The van der Waals surface area contributed by atoms with E-state index in [0.717, 1.165) is 54.4 Å². The molecule has 5 heteroatoms. The number of rotatable bonds is 6. The average molecular weight is 429 g/mol. The lowest BCUT2D eigenvalue weighted by atomic mass is 9.99. The second-order valence-electron chi connectivity index (χ2n) is 8.80. The van der Waals surface area contributed by atoms with Crippen LogP contribution in [0.3, 0.4) is 0 Å². The van der Waals surface area contributed by atoms with E-state index in [4.69, 9.17) is 4.98 Å². The lowest BCUT2D eigenvalue weighted by Gasteiger charge is -2.36. The molecule has 0 spiro atoms. The molecule has 1 saturated heterocycles. The van der Waals surface area contributed by atoms with Crippen LogP contribution in [0.15, 0.2) is 60.7 Å². The molecule has 166 valence electrons. The Morgan fingerprint density at radius 3 is 2.31 bits per heavy atom. The third kappa shape index (κ3) is 5.16. The predicted molar refractivity (Wildman–Crippen MR) is 129 cm³/mol. The molecule has 1 aromatic heterocycles. The Labute approximate surface area is 191 Å². The number of amides is 1. The van der Waals surface area contributed by atoms with Crippen LogP contribution in [0, 0.1) is 6.92 Å². The van der Waals surface area contributed by atoms with Crippen molar-refractivity contribution in [1.82, 2.24) is 14.9 Å². The third-order valence-corrected chi connectivity index (χ3v) is 6.04. The van der Waals surface area contributed by atoms with Crippen molar-refractivity contribution in [2.75, 3.05) is 31.1 Å². The summed E-state index contributed by atoms with van der Waals surface area (Å²) in [4.78, 5) is 26.9. The van der Waals surface area contributed by atoms with Crippen LogP contribution in [0.1, 0.15) is 52.8 Å². The van der Waals surface area contributed by atoms with E-state index in [1.807, 2.05) is 42.2 Å². The van der Waals surface area contributed by atoms with E-state index in [-0.39, 0.29) is 5.91 Å². The molecule has 2 aromatic carbocycles. The number of anilines is 1. The smallest absolute Gasteiger partial charge is 0.254 e. The molecule has 0 bridgehead atoms. The monoisotopic (exact) mass is 428 g/mol. The normalized spacial score (nSPS) is 14.1. The number of nitrogens with zero attached hydrogens (tertiary/aromatic N) is 4. The van der Waals surface area contributed by atoms with Crippen molar-refractivity contribution >= 4 is 11.7 Å². The van der Waals surface area contributed by atoms with Gasteiger partial charge in [-0.25, -0.2) is 9.97 Å². The van der Waals surface area contributed by atoms with Crippen molar-refractivity contribution in [3.8, 4) is 0 Å². The lowest BCUT2D eigenvalue weighted by Crippen LogP contribution is -2.49. The fourth-order valence-electron chi connectivity index (χ4n) is 4.17. The second kappa shape index (κ2) is 9.94. The van der Waals surface area contributed by atoms with Crippen LogP contribution in [-0.4, -0.2) is 47.0 Å². The van der Waals surface area contributed by atoms with Gasteiger partial charge < -0.3 is 9.80 Å². The molecule has 1 amide bonds. The van der Waals surface area contributed by atoms with E-state index in [9.17, 15) is 4.79 Å². The van der Waals surface area contributed by atoms with E-state index >= 15 is 0 Å². The van der Waals surface area contributed by atoms with Crippen molar-refractivity contribution in [2.24, 2.45) is 0 Å². The molecule has 1 aliphatic heterocycles. The zero-order valence-electron chi connectivity index (χ0n) is 19.3. The molecule has 2 heterocycles. The SMILES string of the molecule is Cc1cc(N2CCN(C(=O)c3ccccc3CCc3ccccc3)CC2)nc(C(C)C)n1. The summed E-state index contributed by atoms with van der Waals surface area (Å²) in [6, 6.07) is 20.5. The van der Waals surface area contributed by atoms with Crippen molar-refractivity contribution in [2.45, 2.75) is 39.5 Å². The van der Waals surface area contributed by atoms with Crippen molar-refractivity contribution in [1.29, 1.82) is 0 Å². The maximum atomic E-state index is 13.4. The highest BCUT2D eigenvalue weighted by molar-refractivity contribution is 5.95. The molecule has 1 aliphatic rings. The van der Waals surface area contributed by atoms with Gasteiger partial charge in [-0.15, -0.1) is 0 Å². The van der Waals surface area contributed by atoms with E-state index < -0.39 is 0 Å². The molecular weight excluding hydrogens is 396 g/mol. The van der Waals surface area contributed by atoms with Gasteiger partial charge in [0.25, 0.3) is 5.91 Å². The minimum atomic E-state index is 0.134. The van der Waals surface area contributed by atoms with Gasteiger partial charge in [0.1, 0.15) is 11.6 Å². The summed E-state index contributed by atoms with van der Waals surface area (Å²) in [7, 11) is 0. The van der Waals surface area contributed by atoms with Gasteiger partial charge in [0, 0.05) is 49.4 Å². The van der Waals surface area contributed by atoms with E-state index in [2.05, 4.69) is 54.1 Å². The fourth-order valence-corrected chi connectivity index (χ4v) is 4.17. The van der Waals surface area contributed by atoms with Gasteiger partial charge in [0.05, 0.1) is 0 Å². The largest absolute Gasteiger partial charge is 0.353 e. The predicted octanol–water partition coefficient (Wildman–Crippen LogP) is 4.66. The van der Waals surface area contributed by atoms with Gasteiger partial charge in [0.2, 0.25) is 0 Å². The Balaban J connectivity index is 1.42. The summed E-state index contributed by atoms with van der Waals surface area (Å²) >= 11 is 0. The molecule has 3 aromatic rings. The topological polar surface area (TPSA) is 49.3 Å². The second-order valence-corrected chi connectivity index (χ2v) is 8.80.